The Morgan fingerprint density at radius 2 is 1.92 bits per heavy atom. The number of nitrogens with two attached hydrogens (primary N) is 1. The lowest BCUT2D eigenvalue weighted by Gasteiger charge is -2.20. The Morgan fingerprint density at radius 3 is 2.58 bits per heavy atom. The van der Waals surface area contributed by atoms with Gasteiger partial charge >= 0.3 is 5.69 Å². The molecule has 0 aliphatic heterocycles. The van der Waals surface area contributed by atoms with E-state index in [-0.39, 0.29) is 11.8 Å². The van der Waals surface area contributed by atoms with Crippen molar-refractivity contribution >= 4 is 11.5 Å². The molecule has 4 aromatic rings. The number of nitrogens with zero attached hydrogens (tertiary/aromatic N) is 4. The highest BCUT2D eigenvalue weighted by atomic mass is 16.5. The number of amidine groups is 1. The van der Waals surface area contributed by atoms with Gasteiger partial charge in [-0.2, -0.15) is 0 Å². The van der Waals surface area contributed by atoms with Crippen LogP contribution in [0.4, 0.5) is 5.69 Å². The van der Waals surface area contributed by atoms with Crippen molar-refractivity contribution < 1.29 is 9.47 Å². The number of hydrogen-bond donors (Lipinski definition) is 4. The topological polar surface area (TPSA) is 157 Å². The summed E-state index contributed by atoms with van der Waals surface area (Å²) < 4.78 is 12.1. The number of nitrogens with one attached hydrogen (secondary N) is 3. The molecule has 0 fully saturated rings. The van der Waals surface area contributed by atoms with Crippen molar-refractivity contribution in [3.63, 3.8) is 0 Å². The van der Waals surface area contributed by atoms with Crippen molar-refractivity contribution in [2.24, 2.45) is 5.73 Å². The second-order valence-corrected chi connectivity index (χ2v) is 7.95. The standard InChI is InChI=1S/C25H28N8O3/c1-3-16-13-18(15-20(14-16)36-12-11-35-2)21(30-19-7-5-17(6-8-19)22(26)27)23-31-25(34)33(32-23)24-28-9-4-10-29-24/h4-10,13-15,21,30H,3,11-12H2,1-2H3,(H3,26,27)(H,31,32,34)/t21-/m0/s1. The van der Waals surface area contributed by atoms with Gasteiger partial charge in [0.1, 0.15) is 24.2 Å². The van der Waals surface area contributed by atoms with Gasteiger partial charge in [0.15, 0.2) is 5.82 Å². The van der Waals surface area contributed by atoms with Crippen LogP contribution in [-0.4, -0.2) is 50.9 Å². The number of hydrogen-bond acceptors (Lipinski definition) is 8. The summed E-state index contributed by atoms with van der Waals surface area (Å²) in [7, 11) is 1.62. The Hall–Kier alpha value is -4.51. The maximum atomic E-state index is 12.8. The summed E-state index contributed by atoms with van der Waals surface area (Å²) in [6.45, 7) is 2.93. The van der Waals surface area contributed by atoms with Crippen LogP contribution < -0.4 is 21.5 Å². The molecule has 186 valence electrons. The minimum Gasteiger partial charge on any atom is -0.491 e. The van der Waals surface area contributed by atoms with Crippen LogP contribution in [0.1, 0.15) is 35.5 Å². The maximum absolute atomic E-state index is 12.8. The van der Waals surface area contributed by atoms with Crippen LogP contribution in [0, 0.1) is 5.41 Å². The number of aryl methyl sites for hydroxylation is 1. The summed E-state index contributed by atoms with van der Waals surface area (Å²) >= 11 is 0. The number of ether oxygens (including phenoxy) is 2. The van der Waals surface area contributed by atoms with Gasteiger partial charge in [-0.05, 0) is 60.0 Å². The lowest BCUT2D eigenvalue weighted by Crippen LogP contribution is -2.18. The fourth-order valence-corrected chi connectivity index (χ4v) is 3.61. The number of benzene rings is 2. The molecule has 0 bridgehead atoms. The zero-order valence-electron chi connectivity index (χ0n) is 20.1. The molecule has 11 nitrogen and oxygen atoms in total. The highest BCUT2D eigenvalue weighted by Gasteiger charge is 2.22. The molecule has 4 rings (SSSR count). The average molecular weight is 489 g/mol. The molecule has 1 atom stereocenters. The largest absolute Gasteiger partial charge is 0.491 e. The third kappa shape index (κ3) is 5.76. The van der Waals surface area contributed by atoms with E-state index in [1.165, 1.54) is 0 Å². The molecule has 2 heterocycles. The third-order valence-corrected chi connectivity index (χ3v) is 5.44. The van der Waals surface area contributed by atoms with Crippen LogP contribution in [0.25, 0.3) is 5.95 Å². The highest BCUT2D eigenvalue weighted by Crippen LogP contribution is 2.29. The van der Waals surface area contributed by atoms with Crippen molar-refractivity contribution in [2.75, 3.05) is 25.6 Å². The van der Waals surface area contributed by atoms with Gasteiger partial charge in [0.05, 0.1) is 6.61 Å². The monoisotopic (exact) mass is 488 g/mol. The second kappa shape index (κ2) is 11.3. The first-order valence-electron chi connectivity index (χ1n) is 11.4. The lowest BCUT2D eigenvalue weighted by molar-refractivity contribution is 0.146. The van der Waals surface area contributed by atoms with E-state index in [0.717, 1.165) is 27.9 Å². The van der Waals surface area contributed by atoms with Crippen LogP contribution in [0.2, 0.25) is 0 Å². The Bertz CT molecular complexity index is 1370. The predicted octanol–water partition coefficient (Wildman–Crippen LogP) is 2.42. The molecule has 0 aliphatic carbocycles. The maximum Gasteiger partial charge on any atom is 0.350 e. The van der Waals surface area contributed by atoms with Gasteiger partial charge in [-0.1, -0.05) is 13.0 Å². The number of anilines is 1. The summed E-state index contributed by atoms with van der Waals surface area (Å²) in [6, 6.07) is 14.2. The second-order valence-electron chi connectivity index (χ2n) is 7.95. The molecular weight excluding hydrogens is 460 g/mol. The number of aromatic amines is 1. The van der Waals surface area contributed by atoms with Crippen LogP contribution in [0.3, 0.4) is 0 Å². The molecule has 0 unspecified atom stereocenters. The Balaban J connectivity index is 1.77. The van der Waals surface area contributed by atoms with Crippen LogP contribution in [-0.2, 0) is 11.2 Å². The van der Waals surface area contributed by atoms with E-state index < -0.39 is 11.7 Å². The molecule has 0 amide bonds. The molecule has 36 heavy (non-hydrogen) atoms. The minimum absolute atomic E-state index is 0.0162. The first-order chi connectivity index (χ1) is 17.5. The predicted molar refractivity (Wildman–Crippen MR) is 136 cm³/mol. The summed E-state index contributed by atoms with van der Waals surface area (Å²) in [5.74, 6) is 1.21. The number of H-pyrrole nitrogens is 1. The molecule has 5 N–H and O–H groups in total. The van der Waals surface area contributed by atoms with E-state index in [9.17, 15) is 4.79 Å². The number of nitrogen functional groups attached to an aromatic ring is 1. The Kier molecular flexibility index (Phi) is 7.71. The zero-order chi connectivity index (χ0) is 25.5. The average Bonchev–Trinajstić information content (AvgIpc) is 3.29. The first kappa shape index (κ1) is 24.6. The zero-order valence-corrected chi connectivity index (χ0v) is 20.1. The summed E-state index contributed by atoms with van der Waals surface area (Å²) in [4.78, 5) is 23.9. The normalized spacial score (nSPS) is 11.7. The van der Waals surface area contributed by atoms with Gasteiger partial charge < -0.3 is 20.5 Å². The van der Waals surface area contributed by atoms with E-state index in [1.54, 1.807) is 37.7 Å². The third-order valence-electron chi connectivity index (χ3n) is 5.44. The molecule has 0 aliphatic rings. The van der Waals surface area contributed by atoms with Gasteiger partial charge in [-0.15, -0.1) is 9.78 Å². The van der Waals surface area contributed by atoms with Crippen LogP contribution in [0.15, 0.2) is 65.7 Å². The molecule has 2 aromatic heterocycles. The Morgan fingerprint density at radius 1 is 1.17 bits per heavy atom. The van der Waals surface area contributed by atoms with Crippen molar-refractivity contribution in [1.29, 1.82) is 5.41 Å². The van der Waals surface area contributed by atoms with Crippen LogP contribution in [0.5, 0.6) is 5.75 Å². The minimum atomic E-state index is -0.540. The van der Waals surface area contributed by atoms with Crippen molar-refractivity contribution in [2.45, 2.75) is 19.4 Å². The molecule has 0 radical (unpaired) electrons. The van der Waals surface area contributed by atoms with Crippen molar-refractivity contribution in [3.8, 4) is 11.7 Å². The van der Waals surface area contributed by atoms with Gasteiger partial charge in [0.25, 0.3) is 5.95 Å². The molecule has 0 saturated heterocycles. The smallest absolute Gasteiger partial charge is 0.350 e. The lowest BCUT2D eigenvalue weighted by atomic mass is 10.0. The molecular formula is C25H28N8O3. The van der Waals surface area contributed by atoms with Gasteiger partial charge in [0, 0.05) is 30.8 Å². The summed E-state index contributed by atoms with van der Waals surface area (Å²) in [5.41, 5.74) is 8.40. The Labute approximate surface area is 207 Å². The molecule has 0 saturated carbocycles. The first-order valence-corrected chi connectivity index (χ1v) is 11.4. The van der Waals surface area contributed by atoms with Gasteiger partial charge in [-0.3, -0.25) is 10.4 Å². The number of rotatable bonds is 11. The van der Waals surface area contributed by atoms with E-state index in [1.807, 2.05) is 30.3 Å². The van der Waals surface area contributed by atoms with Crippen LogP contribution >= 0.6 is 0 Å². The fraction of sp³-hybridized carbons (Fsp3) is 0.240. The van der Waals surface area contributed by atoms with E-state index in [0.29, 0.717) is 30.4 Å². The van der Waals surface area contributed by atoms with Gasteiger partial charge in [-0.25, -0.2) is 14.8 Å². The number of methoxy groups -OCH3 is 1. The molecule has 2 aromatic carbocycles. The summed E-state index contributed by atoms with van der Waals surface area (Å²) in [6.07, 6.45) is 3.88. The fourth-order valence-electron chi connectivity index (χ4n) is 3.61. The number of aromatic nitrogens is 5. The molecule has 0 spiro atoms. The van der Waals surface area contributed by atoms with E-state index in [2.05, 4.69) is 32.3 Å². The molecule has 11 heteroatoms. The van der Waals surface area contributed by atoms with Crippen molar-refractivity contribution in [1.82, 2.24) is 24.7 Å². The quantitative estimate of drug-likeness (QED) is 0.142. The van der Waals surface area contributed by atoms with Crippen molar-refractivity contribution in [3.05, 3.63) is 93.9 Å². The highest BCUT2D eigenvalue weighted by molar-refractivity contribution is 5.95. The SMILES string of the molecule is CCc1cc(OCCOC)cc([C@H](Nc2ccc(C(=N)N)cc2)c2nn(-c3ncccn3)c(=O)[nH]2)c1. The van der Waals surface area contributed by atoms with E-state index in [4.69, 9.17) is 20.6 Å². The van der Waals surface area contributed by atoms with Gasteiger partial charge in [0.2, 0.25) is 0 Å². The summed E-state index contributed by atoms with van der Waals surface area (Å²) in [5, 5.41) is 15.6. The van der Waals surface area contributed by atoms with E-state index >= 15 is 0 Å².